The molecule has 6 rings (SSSR count). The zero-order chi connectivity index (χ0) is 23.8. The molecule has 0 atom stereocenters. The minimum atomic E-state index is 0.511. The molecule has 2 aromatic carbocycles. The maximum Gasteiger partial charge on any atom is 0.184 e. The van der Waals surface area contributed by atoms with Crippen molar-refractivity contribution in [3.05, 3.63) is 53.7 Å². The number of fused-ring (bicyclic) bond motifs is 4. The fourth-order valence-electron chi connectivity index (χ4n) is 5.58. The highest BCUT2D eigenvalue weighted by Gasteiger charge is 2.25. The second-order valence-corrected chi connectivity index (χ2v) is 9.48. The van der Waals surface area contributed by atoms with E-state index in [1.165, 1.54) is 22.4 Å². The predicted octanol–water partition coefficient (Wildman–Crippen LogP) is 4.26. The van der Waals surface area contributed by atoms with Gasteiger partial charge in [-0.3, -0.25) is 0 Å². The molecule has 7 heteroatoms. The number of anilines is 1. The average molecular weight is 476 g/mol. The molecule has 1 aromatic heterocycles. The topological polar surface area (TPSA) is 57.1 Å². The van der Waals surface area contributed by atoms with Gasteiger partial charge in [0.2, 0.25) is 0 Å². The molecule has 0 aliphatic carbocycles. The van der Waals surface area contributed by atoms with Gasteiger partial charge in [-0.15, -0.1) is 0 Å². The van der Waals surface area contributed by atoms with Gasteiger partial charge in [0.15, 0.2) is 23.0 Å². The lowest BCUT2D eigenvalue weighted by Crippen LogP contribution is -2.42. The van der Waals surface area contributed by atoms with E-state index in [9.17, 15) is 0 Å². The van der Waals surface area contributed by atoms with E-state index in [2.05, 4.69) is 51.3 Å². The summed E-state index contributed by atoms with van der Waals surface area (Å²) in [4.78, 5) is 2.43. The molecule has 3 aliphatic heterocycles. The van der Waals surface area contributed by atoms with Gasteiger partial charge >= 0.3 is 0 Å². The Morgan fingerprint density at radius 1 is 0.971 bits per heavy atom. The fourth-order valence-corrected chi connectivity index (χ4v) is 5.58. The van der Waals surface area contributed by atoms with E-state index in [1.807, 2.05) is 6.07 Å². The van der Waals surface area contributed by atoms with Crippen molar-refractivity contribution < 1.29 is 18.9 Å². The van der Waals surface area contributed by atoms with Crippen molar-refractivity contribution in [3.8, 4) is 34.3 Å². The van der Waals surface area contributed by atoms with Crippen molar-refractivity contribution in [1.82, 2.24) is 9.88 Å². The van der Waals surface area contributed by atoms with Crippen molar-refractivity contribution in [2.45, 2.75) is 38.4 Å². The Balaban J connectivity index is 1.10. The maximum absolute atomic E-state index is 5.93. The number of hydrogen-bond donors (Lipinski definition) is 1. The third-order valence-corrected chi connectivity index (χ3v) is 7.44. The van der Waals surface area contributed by atoms with Crippen LogP contribution < -0.4 is 29.2 Å². The zero-order valence-corrected chi connectivity index (χ0v) is 20.5. The number of methoxy groups -OCH3 is 2. The Morgan fingerprint density at radius 2 is 1.77 bits per heavy atom. The number of nitrogens with zero attached hydrogens (tertiary/aromatic N) is 2. The highest BCUT2D eigenvalue weighted by atomic mass is 16.6. The molecule has 1 fully saturated rings. The molecule has 0 radical (unpaired) electrons. The van der Waals surface area contributed by atoms with E-state index in [0.717, 1.165) is 74.1 Å². The van der Waals surface area contributed by atoms with Gasteiger partial charge in [0.05, 0.1) is 19.9 Å². The highest BCUT2D eigenvalue weighted by molar-refractivity contribution is 5.71. The third-order valence-electron chi connectivity index (χ3n) is 7.44. The van der Waals surface area contributed by atoms with Crippen LogP contribution in [0.5, 0.6) is 23.0 Å². The van der Waals surface area contributed by atoms with Crippen LogP contribution >= 0.6 is 0 Å². The minimum absolute atomic E-state index is 0.511. The van der Waals surface area contributed by atoms with E-state index in [0.29, 0.717) is 19.3 Å². The van der Waals surface area contributed by atoms with Crippen molar-refractivity contribution in [3.63, 3.8) is 0 Å². The molecule has 0 amide bonds. The molecule has 0 spiro atoms. The first kappa shape index (κ1) is 22.2. The first-order chi connectivity index (χ1) is 17.2. The van der Waals surface area contributed by atoms with E-state index in [4.69, 9.17) is 18.9 Å². The summed E-state index contributed by atoms with van der Waals surface area (Å²) in [6.45, 7) is 5.14. The van der Waals surface area contributed by atoms with Crippen molar-refractivity contribution in [2.75, 3.05) is 45.4 Å². The van der Waals surface area contributed by atoms with Crippen LogP contribution in [0.4, 0.5) is 5.69 Å². The zero-order valence-electron chi connectivity index (χ0n) is 20.5. The number of nitrogens with one attached hydrogen (secondary N) is 1. The summed E-state index contributed by atoms with van der Waals surface area (Å²) in [7, 11) is 3.39. The molecule has 0 unspecified atom stereocenters. The number of aryl methyl sites for hydroxylation is 2. The molecule has 4 heterocycles. The van der Waals surface area contributed by atoms with Gasteiger partial charge in [-0.2, -0.15) is 0 Å². The summed E-state index contributed by atoms with van der Waals surface area (Å²) >= 11 is 0. The first-order valence-corrected chi connectivity index (χ1v) is 12.5. The molecule has 35 heavy (non-hydrogen) atoms. The van der Waals surface area contributed by atoms with Crippen LogP contribution in [-0.2, 0) is 19.5 Å². The van der Waals surface area contributed by atoms with Crippen LogP contribution in [0, 0.1) is 0 Å². The summed E-state index contributed by atoms with van der Waals surface area (Å²) in [6, 6.07) is 13.3. The van der Waals surface area contributed by atoms with E-state index >= 15 is 0 Å². The van der Waals surface area contributed by atoms with Crippen LogP contribution in [0.1, 0.15) is 24.0 Å². The summed E-state index contributed by atoms with van der Waals surface area (Å²) in [6.07, 6.45) is 5.52. The Labute approximate surface area is 206 Å². The van der Waals surface area contributed by atoms with Gasteiger partial charge in [0.25, 0.3) is 0 Å². The Hall–Kier alpha value is -3.32. The fraction of sp³-hybridized carbons (Fsp3) is 0.429. The van der Waals surface area contributed by atoms with Crippen LogP contribution in [0.25, 0.3) is 11.3 Å². The summed E-state index contributed by atoms with van der Waals surface area (Å²) in [5, 5.41) is 3.81. The van der Waals surface area contributed by atoms with Crippen LogP contribution in [0.15, 0.2) is 42.6 Å². The second-order valence-electron chi connectivity index (χ2n) is 9.48. The number of piperidine rings is 1. The van der Waals surface area contributed by atoms with Crippen LogP contribution in [-0.4, -0.2) is 51.1 Å². The van der Waals surface area contributed by atoms with Crippen LogP contribution in [0.3, 0.4) is 0 Å². The Bertz CT molecular complexity index is 1210. The second kappa shape index (κ2) is 9.38. The molecule has 1 N–H and O–H groups in total. The molecule has 1 saturated heterocycles. The van der Waals surface area contributed by atoms with Gasteiger partial charge < -0.3 is 33.7 Å². The van der Waals surface area contributed by atoms with E-state index in [-0.39, 0.29) is 0 Å². The van der Waals surface area contributed by atoms with Gasteiger partial charge in [-0.05, 0) is 60.7 Å². The molecule has 184 valence electrons. The monoisotopic (exact) mass is 475 g/mol. The maximum atomic E-state index is 5.93. The van der Waals surface area contributed by atoms with Gasteiger partial charge in [-0.25, -0.2) is 0 Å². The third kappa shape index (κ3) is 4.18. The lowest BCUT2D eigenvalue weighted by molar-refractivity contribution is 0.172. The van der Waals surface area contributed by atoms with Crippen LogP contribution in [0.2, 0.25) is 0 Å². The van der Waals surface area contributed by atoms with Crippen molar-refractivity contribution in [2.24, 2.45) is 0 Å². The number of ether oxygens (including phenoxy) is 4. The molecular weight excluding hydrogens is 442 g/mol. The van der Waals surface area contributed by atoms with E-state index < -0.39 is 0 Å². The van der Waals surface area contributed by atoms with Gasteiger partial charge in [0.1, 0.15) is 13.2 Å². The SMILES string of the molecule is COc1cc2c(cc1OC)-c1cc(CNC3CCN(c4cccc5c4OCCO5)CC3)cn1CC2. The molecule has 3 aromatic rings. The van der Waals surface area contributed by atoms with Crippen molar-refractivity contribution in [1.29, 1.82) is 0 Å². The Morgan fingerprint density at radius 3 is 2.60 bits per heavy atom. The van der Waals surface area contributed by atoms with E-state index in [1.54, 1.807) is 14.2 Å². The summed E-state index contributed by atoms with van der Waals surface area (Å²) in [5.74, 6) is 3.35. The van der Waals surface area contributed by atoms with Crippen molar-refractivity contribution >= 4 is 5.69 Å². The average Bonchev–Trinajstić information content (AvgIpc) is 3.35. The molecule has 0 saturated carbocycles. The Kier molecular flexibility index (Phi) is 5.94. The quantitative estimate of drug-likeness (QED) is 0.575. The minimum Gasteiger partial charge on any atom is -0.493 e. The normalized spacial score (nSPS) is 17.0. The largest absolute Gasteiger partial charge is 0.493 e. The number of hydrogen-bond acceptors (Lipinski definition) is 6. The standard InChI is InChI=1S/C28H33N3O4/c1-32-26-15-20-6-9-31-18-19(14-24(31)22(20)16-27(26)33-2)17-29-21-7-10-30(11-8-21)23-4-3-5-25-28(23)35-13-12-34-25/h3-5,14-16,18,21,29H,6-13,17H2,1-2H3. The molecule has 3 aliphatic rings. The highest BCUT2D eigenvalue weighted by Crippen LogP contribution is 2.41. The van der Waals surface area contributed by atoms with Gasteiger partial charge in [-0.1, -0.05) is 6.07 Å². The lowest BCUT2D eigenvalue weighted by Gasteiger charge is -2.35. The first-order valence-electron chi connectivity index (χ1n) is 12.5. The lowest BCUT2D eigenvalue weighted by atomic mass is 9.97. The number of rotatable bonds is 6. The van der Waals surface area contributed by atoms with Gasteiger partial charge in [0, 0.05) is 49.7 Å². The number of para-hydroxylation sites is 1. The smallest absolute Gasteiger partial charge is 0.184 e. The number of benzene rings is 2. The molecular formula is C28H33N3O4. The molecule has 7 nitrogen and oxygen atoms in total. The number of aromatic nitrogens is 1. The molecule has 0 bridgehead atoms. The summed E-state index contributed by atoms with van der Waals surface area (Å²) in [5.41, 5.74) is 6.30. The summed E-state index contributed by atoms with van der Waals surface area (Å²) < 4.78 is 25.1. The predicted molar refractivity (Wildman–Crippen MR) is 136 cm³/mol.